The Morgan fingerprint density at radius 1 is 1.18 bits per heavy atom. The predicted octanol–water partition coefficient (Wildman–Crippen LogP) is 2.98. The Kier molecular flexibility index (Phi) is 8.01. The number of piperidine rings is 1. The molecule has 2 atom stereocenters. The van der Waals surface area contributed by atoms with Gasteiger partial charge in [0.1, 0.15) is 23.4 Å². The van der Waals surface area contributed by atoms with Gasteiger partial charge in [-0.25, -0.2) is 9.37 Å². The van der Waals surface area contributed by atoms with Crippen LogP contribution in [0.3, 0.4) is 0 Å². The van der Waals surface area contributed by atoms with E-state index in [1.165, 1.54) is 37.6 Å². The van der Waals surface area contributed by atoms with Gasteiger partial charge in [0.2, 0.25) is 0 Å². The Balaban J connectivity index is 1.46. The van der Waals surface area contributed by atoms with Crippen molar-refractivity contribution < 1.29 is 33.0 Å². The number of hydrogen-bond acceptors (Lipinski definition) is 7. The molecule has 1 saturated heterocycles. The molecule has 2 N–H and O–H groups in total. The van der Waals surface area contributed by atoms with Crippen LogP contribution in [0.2, 0.25) is 5.02 Å². The van der Waals surface area contributed by atoms with Gasteiger partial charge < -0.3 is 29.7 Å². The molecule has 0 unspecified atom stereocenters. The van der Waals surface area contributed by atoms with Gasteiger partial charge in [0, 0.05) is 43.9 Å². The van der Waals surface area contributed by atoms with E-state index in [0.717, 1.165) is 0 Å². The van der Waals surface area contributed by atoms with Crippen LogP contribution in [-0.4, -0.2) is 66.6 Å². The Hall–Kier alpha value is -4.38. The van der Waals surface area contributed by atoms with Crippen molar-refractivity contribution in [2.45, 2.75) is 25.1 Å². The second-order valence-electron chi connectivity index (χ2n) is 9.36. The molecule has 2 aliphatic rings. The van der Waals surface area contributed by atoms with Crippen molar-refractivity contribution in [3.05, 3.63) is 82.4 Å². The van der Waals surface area contributed by atoms with Gasteiger partial charge in [0.15, 0.2) is 18.1 Å². The van der Waals surface area contributed by atoms with E-state index in [9.17, 15) is 18.8 Å². The number of rotatable bonds is 2. The van der Waals surface area contributed by atoms with Crippen LogP contribution in [0, 0.1) is 5.82 Å². The quantitative estimate of drug-likeness (QED) is 0.488. The van der Waals surface area contributed by atoms with Gasteiger partial charge in [-0.1, -0.05) is 11.6 Å². The summed E-state index contributed by atoms with van der Waals surface area (Å²) in [5.74, 6) is -0.979. The third-order valence-electron chi connectivity index (χ3n) is 6.59. The molecule has 0 radical (unpaired) electrons. The minimum atomic E-state index is -0.650. The number of benzene rings is 2. The molecule has 3 heterocycles. The molecule has 2 aliphatic heterocycles. The minimum absolute atomic E-state index is 0.0503. The highest BCUT2D eigenvalue weighted by molar-refractivity contribution is 6.30. The van der Waals surface area contributed by atoms with E-state index >= 15 is 0 Å². The average molecular weight is 569 g/mol. The molecule has 0 spiro atoms. The summed E-state index contributed by atoms with van der Waals surface area (Å²) in [4.78, 5) is 44.6. The smallest absolute Gasteiger partial charge is 0.272 e. The number of aromatic nitrogens is 1. The Morgan fingerprint density at radius 2 is 2.02 bits per heavy atom. The Morgan fingerprint density at radius 3 is 2.80 bits per heavy atom. The van der Waals surface area contributed by atoms with E-state index in [1.54, 1.807) is 29.2 Å². The number of carbonyl (C=O) groups excluding carboxylic acids is 3. The summed E-state index contributed by atoms with van der Waals surface area (Å²) in [5, 5.41) is 6.05. The van der Waals surface area contributed by atoms with Crippen molar-refractivity contribution in [3.63, 3.8) is 0 Å². The summed E-state index contributed by atoms with van der Waals surface area (Å²) in [6, 6.07) is 11.2. The number of likely N-dealkylation sites (tertiary alicyclic amines) is 1. The zero-order valence-electron chi connectivity index (χ0n) is 21.5. The highest BCUT2D eigenvalue weighted by atomic mass is 35.5. The van der Waals surface area contributed by atoms with Crippen LogP contribution in [0.5, 0.6) is 17.2 Å². The zero-order valence-corrected chi connectivity index (χ0v) is 22.2. The number of pyridine rings is 1. The molecule has 3 aromatic rings. The topological polar surface area (TPSA) is 119 Å². The third kappa shape index (κ3) is 6.26. The fourth-order valence-electron chi connectivity index (χ4n) is 4.60. The Bertz CT molecular complexity index is 1440. The largest absolute Gasteiger partial charge is 0.493 e. The molecule has 40 heavy (non-hydrogen) atoms. The fourth-order valence-corrected chi connectivity index (χ4v) is 4.71. The second kappa shape index (κ2) is 11.8. The van der Waals surface area contributed by atoms with Gasteiger partial charge in [-0.2, -0.15) is 0 Å². The van der Waals surface area contributed by atoms with Gasteiger partial charge in [0.05, 0.1) is 18.2 Å². The summed E-state index contributed by atoms with van der Waals surface area (Å²) < 4.78 is 31.6. The molecule has 1 aromatic heterocycles. The monoisotopic (exact) mass is 568 g/mol. The summed E-state index contributed by atoms with van der Waals surface area (Å²) in [7, 11) is 1.45. The van der Waals surface area contributed by atoms with E-state index in [2.05, 4.69) is 15.6 Å². The standard InChI is InChI=1S/C28H26ClFN4O6/c1-38-24-5-2-17-10-25(24)39-15-26(35)32-12-16-8-19(30)11-20(9-16)40-23-6-7-34(14-22(23)33-27(17)36)28(37)21-4-3-18(29)13-31-21/h2-5,8-11,13,22-23H,6-7,12,14-15H2,1H3,(H,32,35)(H,33,36)/t22-,23+/m0/s1. The van der Waals surface area contributed by atoms with E-state index in [-0.39, 0.29) is 48.4 Å². The van der Waals surface area contributed by atoms with Crippen molar-refractivity contribution in [3.8, 4) is 17.2 Å². The first-order valence-electron chi connectivity index (χ1n) is 12.5. The molecule has 12 heteroatoms. The second-order valence-corrected chi connectivity index (χ2v) is 9.80. The molecule has 10 nitrogen and oxygen atoms in total. The van der Waals surface area contributed by atoms with Crippen molar-refractivity contribution in [2.24, 2.45) is 0 Å². The van der Waals surface area contributed by atoms with Crippen LogP contribution in [0.4, 0.5) is 4.39 Å². The van der Waals surface area contributed by atoms with Crippen LogP contribution in [0.15, 0.2) is 54.7 Å². The number of amides is 3. The number of nitrogens with zero attached hydrogens (tertiary/aromatic N) is 2. The van der Waals surface area contributed by atoms with Gasteiger partial charge in [-0.3, -0.25) is 14.4 Å². The van der Waals surface area contributed by atoms with E-state index < -0.39 is 29.8 Å². The molecule has 1 fully saturated rings. The number of methoxy groups -OCH3 is 1. The van der Waals surface area contributed by atoms with Crippen molar-refractivity contribution in [2.75, 3.05) is 26.8 Å². The van der Waals surface area contributed by atoms with Crippen molar-refractivity contribution >= 4 is 29.3 Å². The number of ether oxygens (including phenoxy) is 3. The molecule has 2 aromatic carbocycles. The van der Waals surface area contributed by atoms with Crippen LogP contribution >= 0.6 is 11.6 Å². The number of nitrogens with one attached hydrogen (secondary N) is 2. The fraction of sp³-hybridized carbons (Fsp3) is 0.286. The summed E-state index contributed by atoms with van der Waals surface area (Å²) in [5.41, 5.74) is 0.951. The van der Waals surface area contributed by atoms with E-state index in [1.807, 2.05) is 0 Å². The molecular formula is C28H26ClFN4O6. The van der Waals surface area contributed by atoms with E-state index in [4.69, 9.17) is 25.8 Å². The van der Waals surface area contributed by atoms with Crippen LogP contribution < -0.4 is 24.8 Å². The molecule has 5 rings (SSSR count). The maximum absolute atomic E-state index is 14.5. The summed E-state index contributed by atoms with van der Waals surface area (Å²) in [6.07, 6.45) is 1.16. The van der Waals surface area contributed by atoms with Gasteiger partial charge in [-0.15, -0.1) is 0 Å². The lowest BCUT2D eigenvalue weighted by molar-refractivity contribution is -0.123. The molecular weight excluding hydrogens is 543 g/mol. The zero-order chi connectivity index (χ0) is 28.2. The van der Waals surface area contributed by atoms with E-state index in [0.29, 0.717) is 29.3 Å². The van der Waals surface area contributed by atoms with Crippen LogP contribution in [0.1, 0.15) is 32.8 Å². The molecule has 208 valence electrons. The maximum atomic E-state index is 14.5. The SMILES string of the molecule is COc1ccc2cc1OCC(=O)NCc1cc(F)cc(c1)O[C@@H]1CCN(C(=O)c3ccc(Cl)cn3)C[C@@H]1NC2=O. The first-order chi connectivity index (χ1) is 19.3. The van der Waals surface area contributed by atoms with Crippen LogP contribution in [-0.2, 0) is 11.3 Å². The maximum Gasteiger partial charge on any atom is 0.272 e. The third-order valence-corrected chi connectivity index (χ3v) is 6.82. The van der Waals surface area contributed by atoms with Crippen molar-refractivity contribution in [1.29, 1.82) is 0 Å². The number of hydrogen-bond donors (Lipinski definition) is 2. The lowest BCUT2D eigenvalue weighted by atomic mass is 10.00. The summed E-state index contributed by atoms with van der Waals surface area (Å²) in [6.45, 7) is 0.144. The lowest BCUT2D eigenvalue weighted by Gasteiger charge is -2.38. The van der Waals surface area contributed by atoms with Crippen molar-refractivity contribution in [1.82, 2.24) is 20.5 Å². The summed E-state index contributed by atoms with van der Waals surface area (Å²) >= 11 is 5.91. The highest BCUT2D eigenvalue weighted by Crippen LogP contribution is 2.29. The van der Waals surface area contributed by atoms with Gasteiger partial charge in [0.25, 0.3) is 17.7 Å². The number of halogens is 2. The van der Waals surface area contributed by atoms with Crippen LogP contribution in [0.25, 0.3) is 0 Å². The normalized spacial score (nSPS) is 19.3. The van der Waals surface area contributed by atoms with Gasteiger partial charge >= 0.3 is 0 Å². The number of fused-ring (bicyclic) bond motifs is 5. The highest BCUT2D eigenvalue weighted by Gasteiger charge is 2.35. The average Bonchev–Trinajstić information content (AvgIpc) is 2.95. The molecule has 4 bridgehead atoms. The minimum Gasteiger partial charge on any atom is -0.493 e. The Labute approximate surface area is 234 Å². The molecule has 3 amide bonds. The molecule has 0 saturated carbocycles. The first kappa shape index (κ1) is 27.2. The predicted molar refractivity (Wildman–Crippen MR) is 142 cm³/mol. The van der Waals surface area contributed by atoms with Gasteiger partial charge in [-0.05, 0) is 48.0 Å². The first-order valence-corrected chi connectivity index (χ1v) is 12.9. The lowest BCUT2D eigenvalue weighted by Crippen LogP contribution is -2.58. The molecule has 0 aliphatic carbocycles. The number of carbonyl (C=O) groups is 3.